The van der Waals surface area contributed by atoms with Crippen LogP contribution in [-0.4, -0.2) is 27.1 Å². The van der Waals surface area contributed by atoms with Crippen molar-refractivity contribution in [2.75, 3.05) is 0 Å². The van der Waals surface area contributed by atoms with Crippen molar-refractivity contribution >= 4 is 5.97 Å². The van der Waals surface area contributed by atoms with Crippen molar-refractivity contribution in [1.29, 1.82) is 0 Å². The van der Waals surface area contributed by atoms with E-state index in [2.05, 4.69) is 15.3 Å². The van der Waals surface area contributed by atoms with Gasteiger partial charge in [0, 0.05) is 12.1 Å². The van der Waals surface area contributed by atoms with Gasteiger partial charge < -0.3 is 10.1 Å². The molecule has 1 unspecified atom stereocenters. The van der Waals surface area contributed by atoms with E-state index < -0.39 is 18.1 Å². The molecule has 19 heavy (non-hydrogen) atoms. The van der Waals surface area contributed by atoms with Crippen LogP contribution in [0.15, 0.2) is 30.6 Å². The smallest absolute Gasteiger partial charge is 0.321 e. The van der Waals surface area contributed by atoms with Gasteiger partial charge in [-0.25, -0.2) is 9.37 Å². The first-order valence-electron chi connectivity index (χ1n) is 5.91. The van der Waals surface area contributed by atoms with Crippen molar-refractivity contribution < 1.29 is 14.3 Å². The zero-order valence-corrected chi connectivity index (χ0v) is 9.93. The molecule has 0 saturated heterocycles. The SMILES string of the molecule is O=C(O)[C@@H]1Cc2[nH]cnc2C(c2cccc(F)c2)N1. The minimum Gasteiger partial charge on any atom is -0.480 e. The fourth-order valence-electron chi connectivity index (χ4n) is 2.39. The number of carboxylic acid groups (broad SMARTS) is 1. The van der Waals surface area contributed by atoms with Gasteiger partial charge in [0.1, 0.15) is 11.9 Å². The molecule has 1 aliphatic rings. The summed E-state index contributed by atoms with van der Waals surface area (Å²) in [5.41, 5.74) is 2.17. The lowest BCUT2D eigenvalue weighted by atomic mass is 9.94. The number of nitrogens with zero attached hydrogens (tertiary/aromatic N) is 1. The highest BCUT2D eigenvalue weighted by molar-refractivity contribution is 5.74. The summed E-state index contributed by atoms with van der Waals surface area (Å²) in [7, 11) is 0. The molecule has 6 heteroatoms. The van der Waals surface area contributed by atoms with Gasteiger partial charge in [0.2, 0.25) is 0 Å². The van der Waals surface area contributed by atoms with Crippen molar-refractivity contribution in [3.8, 4) is 0 Å². The zero-order chi connectivity index (χ0) is 13.4. The van der Waals surface area contributed by atoms with Gasteiger partial charge >= 0.3 is 5.97 Å². The highest BCUT2D eigenvalue weighted by atomic mass is 19.1. The highest BCUT2D eigenvalue weighted by Crippen LogP contribution is 2.28. The van der Waals surface area contributed by atoms with E-state index in [9.17, 15) is 9.18 Å². The molecule has 0 spiro atoms. The van der Waals surface area contributed by atoms with E-state index in [4.69, 9.17) is 5.11 Å². The highest BCUT2D eigenvalue weighted by Gasteiger charge is 2.33. The van der Waals surface area contributed by atoms with Gasteiger partial charge in [0.15, 0.2) is 0 Å². The van der Waals surface area contributed by atoms with Crippen LogP contribution in [0, 0.1) is 5.82 Å². The summed E-state index contributed by atoms with van der Waals surface area (Å²) in [6, 6.07) is 4.98. The molecule has 3 rings (SSSR count). The minimum atomic E-state index is -0.929. The number of hydrogen-bond acceptors (Lipinski definition) is 3. The molecule has 1 aromatic heterocycles. The van der Waals surface area contributed by atoms with Gasteiger partial charge in [0.25, 0.3) is 0 Å². The van der Waals surface area contributed by atoms with Gasteiger partial charge in [0.05, 0.1) is 18.1 Å². The van der Waals surface area contributed by atoms with Crippen LogP contribution in [0.1, 0.15) is 23.0 Å². The lowest BCUT2D eigenvalue weighted by Crippen LogP contribution is -2.45. The van der Waals surface area contributed by atoms with E-state index >= 15 is 0 Å². The Hall–Kier alpha value is -2.21. The third kappa shape index (κ3) is 2.10. The van der Waals surface area contributed by atoms with Gasteiger partial charge in [-0.1, -0.05) is 12.1 Å². The van der Waals surface area contributed by atoms with Gasteiger partial charge in [-0.05, 0) is 17.7 Å². The molecule has 0 saturated carbocycles. The quantitative estimate of drug-likeness (QED) is 0.760. The number of halogens is 1. The molecule has 3 N–H and O–H groups in total. The van der Waals surface area contributed by atoms with Crippen LogP contribution >= 0.6 is 0 Å². The topological polar surface area (TPSA) is 78.0 Å². The van der Waals surface area contributed by atoms with Crippen LogP contribution in [0.25, 0.3) is 0 Å². The number of carbonyl (C=O) groups is 1. The summed E-state index contributed by atoms with van der Waals surface area (Å²) in [6.45, 7) is 0. The average molecular weight is 261 g/mol. The summed E-state index contributed by atoms with van der Waals surface area (Å²) in [5, 5.41) is 12.1. The second-order valence-corrected chi connectivity index (χ2v) is 4.52. The predicted molar refractivity (Wildman–Crippen MR) is 65.1 cm³/mol. The molecule has 1 aliphatic heterocycles. The fourth-order valence-corrected chi connectivity index (χ4v) is 2.39. The first kappa shape index (κ1) is 11.9. The molecule has 2 heterocycles. The molecule has 2 atom stereocenters. The summed E-state index contributed by atoms with van der Waals surface area (Å²) < 4.78 is 13.3. The molecule has 0 aliphatic carbocycles. The maximum atomic E-state index is 13.3. The number of hydrogen-bond donors (Lipinski definition) is 3. The van der Waals surface area contributed by atoms with E-state index in [0.717, 1.165) is 11.4 Å². The molecular weight excluding hydrogens is 249 g/mol. The summed E-state index contributed by atoms with van der Waals surface area (Å²) in [6.07, 6.45) is 1.87. The lowest BCUT2D eigenvalue weighted by Gasteiger charge is -2.28. The normalized spacial score (nSPS) is 21.9. The molecule has 1 aromatic carbocycles. The number of aromatic nitrogens is 2. The Bertz CT molecular complexity index is 626. The number of fused-ring (bicyclic) bond motifs is 1. The van der Waals surface area contributed by atoms with Crippen LogP contribution in [0.2, 0.25) is 0 Å². The van der Waals surface area contributed by atoms with Crippen LogP contribution in [-0.2, 0) is 11.2 Å². The average Bonchev–Trinajstić information content (AvgIpc) is 2.85. The monoisotopic (exact) mass is 261 g/mol. The molecule has 0 fully saturated rings. The maximum absolute atomic E-state index is 13.3. The lowest BCUT2D eigenvalue weighted by molar-refractivity contribution is -0.139. The Balaban J connectivity index is 2.03. The molecule has 2 aromatic rings. The Morgan fingerprint density at radius 1 is 1.47 bits per heavy atom. The summed E-state index contributed by atoms with van der Waals surface area (Å²) in [4.78, 5) is 18.3. The Kier molecular flexibility index (Phi) is 2.79. The van der Waals surface area contributed by atoms with Crippen molar-refractivity contribution in [3.63, 3.8) is 0 Å². The molecule has 98 valence electrons. The number of H-pyrrole nitrogens is 1. The number of aliphatic carboxylic acids is 1. The Morgan fingerprint density at radius 3 is 3.05 bits per heavy atom. The number of benzene rings is 1. The molecule has 0 radical (unpaired) electrons. The number of rotatable bonds is 2. The van der Waals surface area contributed by atoms with Crippen molar-refractivity contribution in [1.82, 2.24) is 15.3 Å². The second-order valence-electron chi connectivity index (χ2n) is 4.52. The maximum Gasteiger partial charge on any atom is 0.321 e. The van der Waals surface area contributed by atoms with Crippen molar-refractivity contribution in [2.45, 2.75) is 18.5 Å². The Morgan fingerprint density at radius 2 is 2.32 bits per heavy atom. The van der Waals surface area contributed by atoms with E-state index in [-0.39, 0.29) is 5.82 Å². The standard InChI is InChI=1S/C13H12FN3O2/c14-8-3-1-2-7(4-8)11-12-9(15-6-16-12)5-10(17-11)13(18)19/h1-4,6,10-11,17H,5H2,(H,15,16)(H,18,19)/t10-,11?/m0/s1. The number of aromatic amines is 1. The fraction of sp³-hybridized carbons (Fsp3) is 0.231. The number of imidazole rings is 1. The molecular formula is C13H12FN3O2. The summed E-state index contributed by atoms with van der Waals surface area (Å²) in [5.74, 6) is -1.28. The third-order valence-electron chi connectivity index (χ3n) is 3.28. The molecule has 0 bridgehead atoms. The second kappa shape index (κ2) is 4.47. The van der Waals surface area contributed by atoms with Crippen LogP contribution < -0.4 is 5.32 Å². The van der Waals surface area contributed by atoms with Crippen LogP contribution in [0.4, 0.5) is 4.39 Å². The van der Waals surface area contributed by atoms with Gasteiger partial charge in [-0.15, -0.1) is 0 Å². The van der Waals surface area contributed by atoms with E-state index in [0.29, 0.717) is 12.0 Å². The number of carboxylic acids is 1. The predicted octanol–water partition coefficient (Wildman–Crippen LogP) is 1.24. The first-order valence-corrected chi connectivity index (χ1v) is 5.91. The van der Waals surface area contributed by atoms with Crippen molar-refractivity contribution in [3.05, 3.63) is 53.4 Å². The van der Waals surface area contributed by atoms with Crippen LogP contribution in [0.3, 0.4) is 0 Å². The largest absolute Gasteiger partial charge is 0.480 e. The molecule has 5 nitrogen and oxygen atoms in total. The van der Waals surface area contributed by atoms with E-state index in [1.165, 1.54) is 18.5 Å². The van der Waals surface area contributed by atoms with Crippen molar-refractivity contribution in [2.24, 2.45) is 0 Å². The number of nitrogens with one attached hydrogen (secondary N) is 2. The van der Waals surface area contributed by atoms with Crippen LogP contribution in [0.5, 0.6) is 0 Å². The summed E-state index contributed by atoms with van der Waals surface area (Å²) >= 11 is 0. The van der Waals surface area contributed by atoms with E-state index in [1.54, 1.807) is 12.1 Å². The Labute approximate surface area is 108 Å². The molecule has 0 amide bonds. The third-order valence-corrected chi connectivity index (χ3v) is 3.28. The minimum absolute atomic E-state index is 0.344. The van der Waals surface area contributed by atoms with E-state index in [1.807, 2.05) is 0 Å². The van der Waals surface area contributed by atoms with Gasteiger partial charge in [-0.2, -0.15) is 0 Å². The first-order chi connectivity index (χ1) is 9.15. The van der Waals surface area contributed by atoms with Gasteiger partial charge in [-0.3, -0.25) is 10.1 Å². The zero-order valence-electron chi connectivity index (χ0n) is 9.93.